The van der Waals surface area contributed by atoms with Crippen molar-refractivity contribution in [1.82, 2.24) is 0 Å². The topological polar surface area (TPSA) is 112 Å². The van der Waals surface area contributed by atoms with E-state index in [4.69, 9.17) is 16.6 Å². The number of hydrogen-bond acceptors (Lipinski definition) is 4. The molecule has 1 rings (SSSR count). The standard InChI is InChI=1S/C7H11N3O2S/c1-4-6(9)2-5(8)3-7(4)13(10,11)12/h2-3H,8-9H2,1H3,(H2,10,11,12). The number of sulfonamides is 1. The molecule has 0 aromatic heterocycles. The summed E-state index contributed by atoms with van der Waals surface area (Å²) < 4.78 is 22.0. The maximum atomic E-state index is 11.0. The molecule has 6 N–H and O–H groups in total. The van der Waals surface area contributed by atoms with Crippen molar-refractivity contribution >= 4 is 21.4 Å². The monoisotopic (exact) mass is 201 g/mol. The molecule has 1 aromatic carbocycles. The summed E-state index contributed by atoms with van der Waals surface area (Å²) in [5.41, 5.74) is 12.0. The van der Waals surface area contributed by atoms with Crippen molar-refractivity contribution in [3.63, 3.8) is 0 Å². The lowest BCUT2D eigenvalue weighted by Gasteiger charge is -2.07. The Morgan fingerprint density at radius 1 is 1.23 bits per heavy atom. The first-order valence-electron chi connectivity index (χ1n) is 3.51. The van der Waals surface area contributed by atoms with Crippen LogP contribution in [0.5, 0.6) is 0 Å². The van der Waals surface area contributed by atoms with Gasteiger partial charge in [0.1, 0.15) is 0 Å². The van der Waals surface area contributed by atoms with Crippen LogP contribution in [0.15, 0.2) is 17.0 Å². The molecular formula is C7H11N3O2S. The van der Waals surface area contributed by atoms with Crippen LogP contribution in [-0.4, -0.2) is 8.42 Å². The van der Waals surface area contributed by atoms with Crippen LogP contribution in [0.25, 0.3) is 0 Å². The molecule has 0 radical (unpaired) electrons. The third-order valence-corrected chi connectivity index (χ3v) is 2.77. The van der Waals surface area contributed by atoms with Crippen molar-refractivity contribution in [1.29, 1.82) is 0 Å². The minimum Gasteiger partial charge on any atom is -0.399 e. The second kappa shape index (κ2) is 2.90. The Labute approximate surface area is 76.6 Å². The molecule has 1 aromatic rings. The molecule has 0 saturated heterocycles. The second-order valence-electron chi connectivity index (χ2n) is 2.78. The molecule has 0 amide bonds. The van der Waals surface area contributed by atoms with Crippen LogP contribution in [0, 0.1) is 6.92 Å². The number of rotatable bonds is 1. The molecule has 5 nitrogen and oxygen atoms in total. The maximum Gasteiger partial charge on any atom is 0.238 e. The van der Waals surface area contributed by atoms with E-state index in [-0.39, 0.29) is 10.6 Å². The Balaban J connectivity index is 3.56. The molecule has 0 atom stereocenters. The summed E-state index contributed by atoms with van der Waals surface area (Å²) in [4.78, 5) is -0.0231. The molecule has 0 saturated carbocycles. The first-order valence-corrected chi connectivity index (χ1v) is 5.05. The van der Waals surface area contributed by atoms with Crippen LogP contribution in [0.3, 0.4) is 0 Å². The van der Waals surface area contributed by atoms with Crippen molar-refractivity contribution < 1.29 is 8.42 Å². The fourth-order valence-electron chi connectivity index (χ4n) is 1.03. The van der Waals surface area contributed by atoms with E-state index >= 15 is 0 Å². The summed E-state index contributed by atoms with van der Waals surface area (Å²) in [5, 5.41) is 4.96. The Hall–Kier alpha value is -1.27. The smallest absolute Gasteiger partial charge is 0.238 e. The lowest BCUT2D eigenvalue weighted by Crippen LogP contribution is -2.15. The zero-order valence-electron chi connectivity index (χ0n) is 7.11. The minimum atomic E-state index is -3.74. The average Bonchev–Trinajstić information content (AvgIpc) is 1.94. The highest BCUT2D eigenvalue weighted by Crippen LogP contribution is 2.23. The zero-order chi connectivity index (χ0) is 10.2. The number of primary sulfonamides is 1. The number of anilines is 2. The molecule has 6 heteroatoms. The van der Waals surface area contributed by atoms with Gasteiger partial charge in [0.25, 0.3) is 0 Å². The van der Waals surface area contributed by atoms with Crippen molar-refractivity contribution in [2.75, 3.05) is 11.5 Å². The Morgan fingerprint density at radius 3 is 2.23 bits per heavy atom. The first kappa shape index (κ1) is 9.82. The molecular weight excluding hydrogens is 190 g/mol. The SMILES string of the molecule is Cc1c(N)cc(N)cc1S(N)(=O)=O. The van der Waals surface area contributed by atoms with Crippen LogP contribution < -0.4 is 16.6 Å². The van der Waals surface area contributed by atoms with Crippen molar-refractivity contribution in [3.05, 3.63) is 17.7 Å². The molecule has 0 fully saturated rings. The highest BCUT2D eigenvalue weighted by Gasteiger charge is 2.13. The van der Waals surface area contributed by atoms with E-state index < -0.39 is 10.0 Å². The maximum absolute atomic E-state index is 11.0. The van der Waals surface area contributed by atoms with Crippen LogP contribution >= 0.6 is 0 Å². The van der Waals surface area contributed by atoms with Gasteiger partial charge in [-0.15, -0.1) is 0 Å². The van der Waals surface area contributed by atoms with E-state index in [1.807, 2.05) is 0 Å². The van der Waals surface area contributed by atoms with Crippen LogP contribution in [0.4, 0.5) is 11.4 Å². The zero-order valence-corrected chi connectivity index (χ0v) is 7.93. The van der Waals surface area contributed by atoms with Gasteiger partial charge in [0.15, 0.2) is 0 Å². The summed E-state index contributed by atoms with van der Waals surface area (Å²) in [5.74, 6) is 0. The summed E-state index contributed by atoms with van der Waals surface area (Å²) >= 11 is 0. The summed E-state index contributed by atoms with van der Waals surface area (Å²) in [7, 11) is -3.74. The third kappa shape index (κ3) is 1.90. The quantitative estimate of drug-likeness (QED) is 0.546. The molecule has 0 spiro atoms. The molecule has 0 aliphatic rings. The van der Waals surface area contributed by atoms with Gasteiger partial charge < -0.3 is 11.5 Å². The largest absolute Gasteiger partial charge is 0.399 e. The Kier molecular flexibility index (Phi) is 2.19. The van der Waals surface area contributed by atoms with Crippen molar-refractivity contribution in [2.24, 2.45) is 5.14 Å². The minimum absolute atomic E-state index is 0.0231. The van der Waals surface area contributed by atoms with E-state index in [9.17, 15) is 8.42 Å². The van der Waals surface area contributed by atoms with Crippen LogP contribution in [0.2, 0.25) is 0 Å². The molecule has 0 unspecified atom stereocenters. The van der Waals surface area contributed by atoms with Gasteiger partial charge in [-0.1, -0.05) is 0 Å². The number of benzene rings is 1. The Morgan fingerprint density at radius 2 is 1.77 bits per heavy atom. The molecule has 72 valence electrons. The van der Waals surface area contributed by atoms with Gasteiger partial charge >= 0.3 is 0 Å². The van der Waals surface area contributed by atoms with Gasteiger partial charge in [0, 0.05) is 11.4 Å². The van der Waals surface area contributed by atoms with Crippen molar-refractivity contribution in [3.8, 4) is 0 Å². The molecule has 0 heterocycles. The van der Waals surface area contributed by atoms with Gasteiger partial charge in [-0.3, -0.25) is 0 Å². The van der Waals surface area contributed by atoms with E-state index in [2.05, 4.69) is 0 Å². The van der Waals surface area contributed by atoms with E-state index in [0.29, 0.717) is 11.3 Å². The van der Waals surface area contributed by atoms with Gasteiger partial charge in [0.05, 0.1) is 4.90 Å². The van der Waals surface area contributed by atoms with Gasteiger partial charge in [-0.2, -0.15) is 0 Å². The predicted molar refractivity (Wildman–Crippen MR) is 51.4 cm³/mol. The van der Waals surface area contributed by atoms with Crippen LogP contribution in [0.1, 0.15) is 5.56 Å². The fraction of sp³-hybridized carbons (Fsp3) is 0.143. The lowest BCUT2D eigenvalue weighted by atomic mass is 10.2. The van der Waals surface area contributed by atoms with Crippen LogP contribution in [-0.2, 0) is 10.0 Å². The first-order chi connectivity index (χ1) is 5.82. The van der Waals surface area contributed by atoms with Gasteiger partial charge in [-0.05, 0) is 24.6 Å². The summed E-state index contributed by atoms with van der Waals surface area (Å²) in [6, 6.07) is 2.78. The van der Waals surface area contributed by atoms with Crippen molar-refractivity contribution in [2.45, 2.75) is 11.8 Å². The summed E-state index contributed by atoms with van der Waals surface area (Å²) in [6.07, 6.45) is 0. The number of hydrogen-bond donors (Lipinski definition) is 3. The van der Waals surface area contributed by atoms with Gasteiger partial charge in [-0.25, -0.2) is 13.6 Å². The third-order valence-electron chi connectivity index (χ3n) is 1.73. The average molecular weight is 201 g/mol. The normalized spacial score (nSPS) is 11.5. The number of nitrogens with two attached hydrogens (primary N) is 3. The number of nitrogen functional groups attached to an aromatic ring is 2. The van der Waals surface area contributed by atoms with E-state index in [0.717, 1.165) is 0 Å². The molecule has 13 heavy (non-hydrogen) atoms. The predicted octanol–water partition coefficient (Wildman–Crippen LogP) is -0.193. The van der Waals surface area contributed by atoms with E-state index in [1.54, 1.807) is 6.92 Å². The summed E-state index contributed by atoms with van der Waals surface area (Å²) in [6.45, 7) is 1.58. The molecule has 0 bridgehead atoms. The Bertz CT molecular complexity index is 439. The second-order valence-corrected chi connectivity index (χ2v) is 4.31. The fourth-order valence-corrected chi connectivity index (χ4v) is 1.87. The molecule has 0 aliphatic carbocycles. The van der Waals surface area contributed by atoms with E-state index in [1.165, 1.54) is 12.1 Å². The van der Waals surface area contributed by atoms with Gasteiger partial charge in [0.2, 0.25) is 10.0 Å². The highest BCUT2D eigenvalue weighted by molar-refractivity contribution is 7.89. The molecule has 0 aliphatic heterocycles. The highest BCUT2D eigenvalue weighted by atomic mass is 32.2. The lowest BCUT2D eigenvalue weighted by molar-refractivity contribution is 0.597.